The highest BCUT2D eigenvalue weighted by Gasteiger charge is 2.75. The molecule has 4 aliphatic rings. The summed E-state index contributed by atoms with van der Waals surface area (Å²) >= 11 is 0. The first-order valence-electron chi connectivity index (χ1n) is 13.2. The summed E-state index contributed by atoms with van der Waals surface area (Å²) < 4.78 is 27.3. The first kappa shape index (κ1) is 29.8. The summed E-state index contributed by atoms with van der Waals surface area (Å²) in [6, 6.07) is 8.40. The fourth-order valence-corrected chi connectivity index (χ4v) is 8.44. The number of carbonyl (C=O) groups is 2. The number of allylic oxidation sites excluding steroid dienone is 4. The number of Topliss-reactive ketones (excluding diaryl/α,β-unsaturated/α-hetero) is 1. The maximum absolute atomic E-state index is 16.9. The Balaban J connectivity index is 0.000000270. The van der Waals surface area contributed by atoms with Crippen molar-refractivity contribution in [1.82, 2.24) is 0 Å². The Kier molecular flexibility index (Phi) is 7.93. The Morgan fingerprint density at radius 2 is 1.85 bits per heavy atom. The van der Waals surface area contributed by atoms with Crippen LogP contribution in [0.15, 0.2) is 54.1 Å². The van der Waals surface area contributed by atoms with E-state index in [4.69, 9.17) is 10.00 Å². The molecule has 10 atom stereocenters. The number of alkyl halides is 1. The second kappa shape index (κ2) is 10.4. The lowest BCUT2D eigenvalue weighted by Gasteiger charge is -2.62. The molecule has 8 nitrogen and oxygen atoms in total. The number of aliphatic hydroxyl groups excluding tert-OH is 3. The Bertz CT molecular complexity index is 1220. The fourth-order valence-electron chi connectivity index (χ4n) is 8.01. The van der Waals surface area contributed by atoms with E-state index in [0.717, 1.165) is 0 Å². The molecule has 0 aromatic heterocycles. The molecule has 212 valence electrons. The number of hydrogen-bond donors (Lipinski definition) is 5. The van der Waals surface area contributed by atoms with Crippen molar-refractivity contribution < 1.29 is 43.9 Å². The van der Waals surface area contributed by atoms with Gasteiger partial charge in [-0.2, -0.15) is 4.89 Å². The molecule has 5 rings (SSSR count). The topological polar surface area (TPSA) is 152 Å². The number of fused-ring (bicyclic) bond motifs is 5. The maximum atomic E-state index is 16.9. The van der Waals surface area contributed by atoms with Crippen molar-refractivity contribution in [3.8, 4) is 0 Å². The normalized spacial score (nSPS) is 41.7. The van der Waals surface area contributed by atoms with Crippen molar-refractivity contribution in [2.75, 3.05) is 6.61 Å². The second-order valence-corrected chi connectivity index (χ2v) is 12.9. The predicted molar refractivity (Wildman–Crippen MR) is 141 cm³/mol. The van der Waals surface area contributed by atoms with Crippen molar-refractivity contribution in [2.45, 2.75) is 69.7 Å². The summed E-state index contributed by atoms with van der Waals surface area (Å²) in [5.41, 5.74) is -4.70. The number of hydrogen-bond acceptors (Lipinski definition) is 7. The molecule has 0 bridgehead atoms. The lowest BCUT2D eigenvalue weighted by atomic mass is 9.44. The summed E-state index contributed by atoms with van der Waals surface area (Å²) in [5, 5.41) is 41.0. The molecule has 4 aliphatic carbocycles. The minimum absolute atomic E-state index is 0.0676. The van der Waals surface area contributed by atoms with Gasteiger partial charge in [0.05, 0.1) is 6.10 Å². The zero-order valence-electron chi connectivity index (χ0n) is 22.3. The first-order valence-corrected chi connectivity index (χ1v) is 14.5. The Morgan fingerprint density at radius 1 is 1.21 bits per heavy atom. The Morgan fingerprint density at radius 3 is 2.44 bits per heavy atom. The van der Waals surface area contributed by atoms with Crippen molar-refractivity contribution >= 4 is 19.6 Å². The molecule has 0 aliphatic heterocycles. The molecule has 10 heteroatoms. The zero-order chi connectivity index (χ0) is 29.0. The summed E-state index contributed by atoms with van der Waals surface area (Å²) in [7, 11) is -2.53. The SMILES string of the molecule is C[C@H]1C[C@H]2[C@@H]3CCC4=CC(=O)C=C[C@]4(C)[C@@]3(F)[C@@H](O)C[C@]2(C)[C@@]1(O)C(=O)CO.O=[P+](O)C(O)c1ccccc1. The van der Waals surface area contributed by atoms with E-state index in [2.05, 4.69) is 0 Å². The molecule has 3 fully saturated rings. The van der Waals surface area contributed by atoms with Gasteiger partial charge in [0.15, 0.2) is 17.2 Å². The lowest BCUT2D eigenvalue weighted by molar-refractivity contribution is -0.219. The molecule has 39 heavy (non-hydrogen) atoms. The van der Waals surface area contributed by atoms with Gasteiger partial charge in [-0.1, -0.05) is 55.8 Å². The van der Waals surface area contributed by atoms with Gasteiger partial charge in [0.2, 0.25) is 0 Å². The van der Waals surface area contributed by atoms with E-state index in [1.165, 1.54) is 12.2 Å². The van der Waals surface area contributed by atoms with Crippen molar-refractivity contribution in [3.05, 3.63) is 59.7 Å². The van der Waals surface area contributed by atoms with Crippen LogP contribution in [0.3, 0.4) is 0 Å². The van der Waals surface area contributed by atoms with Gasteiger partial charge in [0.1, 0.15) is 12.2 Å². The van der Waals surface area contributed by atoms with Crippen LogP contribution < -0.4 is 0 Å². The van der Waals surface area contributed by atoms with Gasteiger partial charge in [0.25, 0.3) is 0 Å². The predicted octanol–water partition coefficient (Wildman–Crippen LogP) is 3.31. The third-order valence-electron chi connectivity index (χ3n) is 10.1. The smallest absolute Gasteiger partial charge is 0.390 e. The number of benzene rings is 1. The number of rotatable bonds is 4. The number of ketones is 2. The van der Waals surface area contributed by atoms with Crippen molar-refractivity contribution in [1.29, 1.82) is 0 Å². The third-order valence-corrected chi connectivity index (χ3v) is 10.8. The molecule has 5 N–H and O–H groups in total. The average molecular weight is 564 g/mol. The van der Waals surface area contributed by atoms with Gasteiger partial charge in [-0.15, -0.1) is 0 Å². The van der Waals surface area contributed by atoms with E-state index < -0.39 is 66.3 Å². The van der Waals surface area contributed by atoms with Crippen LogP contribution in [0.5, 0.6) is 0 Å². The highest BCUT2D eigenvalue weighted by Crippen LogP contribution is 2.70. The molecule has 1 aromatic carbocycles. The van der Waals surface area contributed by atoms with E-state index in [9.17, 15) is 29.5 Å². The lowest BCUT2D eigenvalue weighted by Crippen LogP contribution is -2.69. The van der Waals surface area contributed by atoms with E-state index in [1.54, 1.807) is 57.2 Å². The van der Waals surface area contributed by atoms with Gasteiger partial charge in [-0.05, 0) is 61.2 Å². The van der Waals surface area contributed by atoms with Crippen LogP contribution in [-0.2, 0) is 14.2 Å². The molecule has 0 amide bonds. The van der Waals surface area contributed by atoms with Crippen LogP contribution in [0.1, 0.15) is 57.9 Å². The standard InChI is InChI=1S/C22H29FO5.C7H7O3P/c1-12-8-16-15-5-4-13-9-14(25)6-7-19(13,2)21(15,23)17(26)10-20(16,3)22(12,28)18(27)11-24;8-7(11(9)10)6-4-2-1-3-5-6/h6-7,9,12,15-17,24,26,28H,4-5,8,10-11H2,1-3H3;1-5,7-8H/p+1/t12-,15-,16-,17-,19-,20-,21-,22-;/m0./s1. The minimum atomic E-state index is -2.53. The highest BCUT2D eigenvalue weighted by molar-refractivity contribution is 7.38. The summed E-state index contributed by atoms with van der Waals surface area (Å²) in [5.74, 6) is -3.38. The summed E-state index contributed by atoms with van der Waals surface area (Å²) in [6.45, 7) is 4.48. The quantitative estimate of drug-likeness (QED) is 0.350. The number of carbonyl (C=O) groups excluding carboxylic acids is 2. The zero-order valence-corrected chi connectivity index (χ0v) is 23.2. The third kappa shape index (κ3) is 4.30. The van der Waals surface area contributed by atoms with Gasteiger partial charge < -0.3 is 20.4 Å². The van der Waals surface area contributed by atoms with E-state index in [1.807, 2.05) is 0 Å². The van der Waals surface area contributed by atoms with Crippen LogP contribution in [-0.4, -0.2) is 60.9 Å². The van der Waals surface area contributed by atoms with E-state index in [0.29, 0.717) is 30.4 Å². The molecule has 0 spiro atoms. The van der Waals surface area contributed by atoms with Crippen LogP contribution in [0, 0.1) is 28.6 Å². The summed E-state index contributed by atoms with van der Waals surface area (Å²) in [6.07, 6.45) is 4.44. The van der Waals surface area contributed by atoms with Gasteiger partial charge >= 0.3 is 13.9 Å². The Labute approximate surface area is 228 Å². The fraction of sp³-hybridized carbons (Fsp3) is 0.586. The van der Waals surface area contributed by atoms with Crippen LogP contribution in [0.4, 0.5) is 4.39 Å². The summed E-state index contributed by atoms with van der Waals surface area (Å²) in [4.78, 5) is 32.9. The molecule has 2 unspecified atom stereocenters. The van der Waals surface area contributed by atoms with E-state index in [-0.39, 0.29) is 18.1 Å². The molecule has 3 saturated carbocycles. The molecule has 0 radical (unpaired) electrons. The van der Waals surface area contributed by atoms with Crippen LogP contribution >= 0.6 is 8.03 Å². The highest BCUT2D eigenvalue weighted by atomic mass is 31.1. The van der Waals surface area contributed by atoms with Crippen molar-refractivity contribution in [3.63, 3.8) is 0 Å². The van der Waals surface area contributed by atoms with Gasteiger partial charge in [-0.25, -0.2) is 4.39 Å². The van der Waals surface area contributed by atoms with E-state index >= 15 is 4.39 Å². The monoisotopic (exact) mass is 563 g/mol. The first-order chi connectivity index (χ1) is 18.2. The van der Waals surface area contributed by atoms with Crippen molar-refractivity contribution in [2.24, 2.45) is 28.6 Å². The van der Waals surface area contributed by atoms with Gasteiger partial charge in [-0.3, -0.25) is 9.59 Å². The van der Waals surface area contributed by atoms with Gasteiger partial charge in [0, 0.05) is 22.3 Å². The van der Waals surface area contributed by atoms with Crippen LogP contribution in [0.2, 0.25) is 0 Å². The molecular formula is C29H37FO8P+. The minimum Gasteiger partial charge on any atom is -0.390 e. The number of aliphatic hydroxyl groups is 4. The second-order valence-electron chi connectivity index (χ2n) is 11.8. The molecular weight excluding hydrogens is 526 g/mol. The average Bonchev–Trinajstić information content (AvgIpc) is 3.11. The molecule has 0 heterocycles. The van der Waals surface area contributed by atoms with Crippen LogP contribution in [0.25, 0.3) is 0 Å². The number of halogens is 1. The molecule has 0 saturated heterocycles. The molecule has 1 aromatic rings. The maximum Gasteiger partial charge on any atom is 0.542 e. The Hall–Kier alpha value is -2.13. The largest absolute Gasteiger partial charge is 0.542 e.